The summed E-state index contributed by atoms with van der Waals surface area (Å²) in [6.07, 6.45) is 3.87. The number of phenols is 2. The molecule has 0 spiro atoms. The van der Waals surface area contributed by atoms with Gasteiger partial charge in [-0.2, -0.15) is 0 Å². The molecule has 1 aromatic rings. The monoisotopic (exact) mass is 265 g/mol. The van der Waals surface area contributed by atoms with Crippen LogP contribution in [0.15, 0.2) is 18.2 Å². The second kappa shape index (κ2) is 6.43. The van der Waals surface area contributed by atoms with Crippen LogP contribution in [0.4, 0.5) is 0 Å². The molecule has 5 heteroatoms. The Morgan fingerprint density at radius 2 is 1.89 bits per heavy atom. The lowest BCUT2D eigenvalue weighted by Gasteiger charge is -2.23. The van der Waals surface area contributed by atoms with Gasteiger partial charge in [0.05, 0.1) is 26.2 Å². The maximum Gasteiger partial charge on any atom is 0.251 e. The van der Waals surface area contributed by atoms with Gasteiger partial charge in [-0.15, -0.1) is 0 Å². The largest absolute Gasteiger partial charge is 0.504 e. The van der Waals surface area contributed by atoms with Gasteiger partial charge in [-0.1, -0.05) is 0 Å². The minimum Gasteiger partial charge on any atom is -0.504 e. The van der Waals surface area contributed by atoms with Crippen LogP contribution in [0.1, 0.15) is 29.6 Å². The lowest BCUT2D eigenvalue weighted by molar-refractivity contribution is -0.903. The van der Waals surface area contributed by atoms with Crippen molar-refractivity contribution in [2.24, 2.45) is 0 Å². The van der Waals surface area contributed by atoms with E-state index in [0.29, 0.717) is 12.1 Å². The summed E-state index contributed by atoms with van der Waals surface area (Å²) in [4.78, 5) is 13.4. The zero-order chi connectivity index (χ0) is 13.7. The normalized spacial score (nSPS) is 16.2. The molecule has 2 rings (SSSR count). The molecule has 0 atom stereocenters. The molecule has 104 valence electrons. The van der Waals surface area contributed by atoms with E-state index in [2.05, 4.69) is 5.32 Å². The van der Waals surface area contributed by atoms with E-state index in [1.165, 1.54) is 50.6 Å². The first-order valence-corrected chi connectivity index (χ1v) is 6.80. The van der Waals surface area contributed by atoms with Crippen LogP contribution >= 0.6 is 0 Å². The number of carbonyl (C=O) groups is 1. The molecule has 1 aliphatic heterocycles. The summed E-state index contributed by atoms with van der Waals surface area (Å²) in [7, 11) is 0. The first-order valence-electron chi connectivity index (χ1n) is 6.80. The molecule has 4 N–H and O–H groups in total. The average Bonchev–Trinajstić information content (AvgIpc) is 2.43. The van der Waals surface area contributed by atoms with Gasteiger partial charge in [0.1, 0.15) is 0 Å². The van der Waals surface area contributed by atoms with Crippen molar-refractivity contribution in [3.8, 4) is 11.5 Å². The first kappa shape index (κ1) is 13.7. The summed E-state index contributed by atoms with van der Waals surface area (Å²) in [6.45, 7) is 3.96. The zero-order valence-electron chi connectivity index (χ0n) is 11.0. The van der Waals surface area contributed by atoms with Crippen molar-refractivity contribution in [2.45, 2.75) is 19.3 Å². The van der Waals surface area contributed by atoms with Crippen LogP contribution in [0.3, 0.4) is 0 Å². The molecule has 0 saturated carbocycles. The average molecular weight is 265 g/mol. The Labute approximate surface area is 112 Å². The highest BCUT2D eigenvalue weighted by Crippen LogP contribution is 2.24. The van der Waals surface area contributed by atoms with Crippen LogP contribution in [0.25, 0.3) is 0 Å². The van der Waals surface area contributed by atoms with Crippen LogP contribution in [-0.2, 0) is 0 Å². The highest BCUT2D eigenvalue weighted by atomic mass is 16.3. The molecule has 1 aliphatic rings. The number of quaternary nitrogens is 1. The highest BCUT2D eigenvalue weighted by Gasteiger charge is 2.14. The number of phenolic OH excluding ortho intramolecular Hbond substituents is 2. The smallest absolute Gasteiger partial charge is 0.251 e. The second-order valence-electron chi connectivity index (χ2n) is 5.02. The molecule has 1 saturated heterocycles. The van der Waals surface area contributed by atoms with Crippen molar-refractivity contribution in [3.63, 3.8) is 0 Å². The third kappa shape index (κ3) is 3.86. The van der Waals surface area contributed by atoms with E-state index >= 15 is 0 Å². The number of carbonyl (C=O) groups excluding carboxylic acids is 1. The fourth-order valence-electron chi connectivity index (χ4n) is 2.42. The third-order valence-corrected chi connectivity index (χ3v) is 3.56. The van der Waals surface area contributed by atoms with Gasteiger partial charge in [-0.05, 0) is 37.5 Å². The Morgan fingerprint density at radius 1 is 1.16 bits per heavy atom. The van der Waals surface area contributed by atoms with Gasteiger partial charge in [0, 0.05) is 5.56 Å². The summed E-state index contributed by atoms with van der Waals surface area (Å²) in [6, 6.07) is 4.09. The van der Waals surface area contributed by atoms with E-state index < -0.39 is 0 Å². The third-order valence-electron chi connectivity index (χ3n) is 3.56. The number of nitrogens with one attached hydrogen (secondary N) is 2. The number of amides is 1. The Kier molecular flexibility index (Phi) is 4.63. The van der Waals surface area contributed by atoms with Crippen LogP contribution in [0.2, 0.25) is 0 Å². The van der Waals surface area contributed by atoms with Gasteiger partial charge in [0.15, 0.2) is 11.5 Å². The van der Waals surface area contributed by atoms with Gasteiger partial charge < -0.3 is 20.4 Å². The number of hydrogen-bond acceptors (Lipinski definition) is 3. The molecular formula is C14H21N2O3+. The molecule has 5 nitrogen and oxygen atoms in total. The number of hydrogen-bond donors (Lipinski definition) is 4. The maximum absolute atomic E-state index is 11.8. The van der Waals surface area contributed by atoms with Crippen LogP contribution in [-0.4, -0.2) is 42.3 Å². The van der Waals surface area contributed by atoms with Crippen LogP contribution in [0.5, 0.6) is 11.5 Å². The molecule has 0 bridgehead atoms. The van der Waals surface area contributed by atoms with Crippen LogP contribution < -0.4 is 10.2 Å². The fraction of sp³-hybridized carbons (Fsp3) is 0.500. The number of aromatic hydroxyl groups is 2. The summed E-state index contributed by atoms with van der Waals surface area (Å²) >= 11 is 0. The van der Waals surface area contributed by atoms with Crippen molar-refractivity contribution in [3.05, 3.63) is 23.8 Å². The molecule has 0 unspecified atom stereocenters. The Hall–Kier alpha value is -1.75. The van der Waals surface area contributed by atoms with Crippen molar-refractivity contribution < 1.29 is 19.9 Å². The highest BCUT2D eigenvalue weighted by molar-refractivity contribution is 5.94. The van der Waals surface area contributed by atoms with E-state index in [1.54, 1.807) is 4.90 Å². The Balaban J connectivity index is 1.78. The minimum atomic E-state index is -0.269. The number of likely N-dealkylation sites (tertiary alicyclic amines) is 1. The van der Waals surface area contributed by atoms with Gasteiger partial charge in [-0.25, -0.2) is 0 Å². The molecule has 1 amide bonds. The van der Waals surface area contributed by atoms with E-state index in [4.69, 9.17) is 0 Å². The number of rotatable bonds is 4. The standard InChI is InChI=1S/C14H20N2O3/c17-12-5-4-11(10-13(12)18)14(19)15-6-9-16-7-2-1-3-8-16/h4-5,10,17-18H,1-3,6-9H2,(H,15,19)/p+1. The Morgan fingerprint density at radius 3 is 2.58 bits per heavy atom. The van der Waals surface area contributed by atoms with Crippen molar-refractivity contribution in [1.29, 1.82) is 0 Å². The molecular weight excluding hydrogens is 244 g/mol. The molecule has 0 radical (unpaired) electrons. The zero-order valence-corrected chi connectivity index (χ0v) is 11.0. The first-order chi connectivity index (χ1) is 9.16. The van der Waals surface area contributed by atoms with E-state index in [9.17, 15) is 15.0 Å². The predicted molar refractivity (Wildman–Crippen MR) is 71.5 cm³/mol. The lowest BCUT2D eigenvalue weighted by atomic mass is 10.1. The topological polar surface area (TPSA) is 74.0 Å². The molecule has 1 fully saturated rings. The van der Waals surface area contributed by atoms with Gasteiger partial charge in [0.2, 0.25) is 0 Å². The van der Waals surface area contributed by atoms with Gasteiger partial charge in [0.25, 0.3) is 5.91 Å². The summed E-state index contributed by atoms with van der Waals surface area (Å²) < 4.78 is 0. The minimum absolute atomic E-state index is 0.214. The molecule has 0 aliphatic carbocycles. The van der Waals surface area contributed by atoms with Crippen LogP contribution in [0, 0.1) is 0 Å². The Bertz CT molecular complexity index is 442. The number of piperidine rings is 1. The van der Waals surface area contributed by atoms with E-state index in [-0.39, 0.29) is 17.4 Å². The van der Waals surface area contributed by atoms with Crippen molar-refractivity contribution in [1.82, 2.24) is 5.32 Å². The summed E-state index contributed by atoms with van der Waals surface area (Å²) in [5.74, 6) is -0.699. The summed E-state index contributed by atoms with van der Waals surface area (Å²) in [5, 5.41) is 21.4. The van der Waals surface area contributed by atoms with E-state index in [1.807, 2.05) is 0 Å². The molecule has 1 aromatic carbocycles. The fourth-order valence-corrected chi connectivity index (χ4v) is 2.42. The van der Waals surface area contributed by atoms with Gasteiger partial charge >= 0.3 is 0 Å². The number of benzene rings is 1. The maximum atomic E-state index is 11.8. The second-order valence-corrected chi connectivity index (χ2v) is 5.02. The van der Waals surface area contributed by atoms with E-state index in [0.717, 1.165) is 6.54 Å². The van der Waals surface area contributed by atoms with Crippen molar-refractivity contribution >= 4 is 5.91 Å². The SMILES string of the molecule is O=C(NCC[NH+]1CCCCC1)c1ccc(O)c(O)c1. The van der Waals surface area contributed by atoms with Gasteiger partial charge in [-0.3, -0.25) is 4.79 Å². The molecule has 0 aromatic heterocycles. The molecule has 1 heterocycles. The predicted octanol–water partition coefficient (Wildman–Crippen LogP) is -0.104. The lowest BCUT2D eigenvalue weighted by Crippen LogP contribution is -3.13. The molecule has 19 heavy (non-hydrogen) atoms. The quantitative estimate of drug-likeness (QED) is 0.574. The van der Waals surface area contributed by atoms with Crippen molar-refractivity contribution in [2.75, 3.05) is 26.2 Å². The summed E-state index contributed by atoms with van der Waals surface area (Å²) in [5.41, 5.74) is 0.365.